The first-order valence-electron chi connectivity index (χ1n) is 3.06. The predicted molar refractivity (Wildman–Crippen MR) is 64.8 cm³/mol. The van der Waals surface area contributed by atoms with E-state index in [9.17, 15) is 0 Å². The Morgan fingerprint density at radius 1 is 0.294 bits per heavy atom. The van der Waals surface area contributed by atoms with E-state index in [0.717, 1.165) is 0 Å². The number of hydrogen-bond donors (Lipinski definition) is 0. The van der Waals surface area contributed by atoms with Gasteiger partial charge in [-0.1, -0.05) is 0 Å². The molecule has 0 saturated carbocycles. The van der Waals surface area contributed by atoms with Gasteiger partial charge in [0, 0.05) is 0 Å². The number of carbonyl (C=O) groups excluding carboxylic acids is 5. The molecule has 34 heavy (non-hydrogen) atoms. The molecule has 0 aliphatic carbocycles. The number of carbonyl (C=O) groups is 5. The smallest absolute Gasteiger partial charge is 0.870 e. The van der Waals surface area contributed by atoms with Crippen molar-refractivity contribution >= 4 is 99.9 Å². The van der Waals surface area contributed by atoms with Gasteiger partial charge in [0.15, 0.2) is 0 Å². The summed E-state index contributed by atoms with van der Waals surface area (Å²) in [6, 6.07) is 0. The zero-order valence-electron chi connectivity index (χ0n) is 15.5. The zero-order chi connectivity index (χ0) is 17.9. The molecule has 0 saturated heterocycles. The van der Waals surface area contributed by atoms with Gasteiger partial charge in [-0.05, 0) is 30.8 Å². The molecule has 0 bridgehead atoms. The van der Waals surface area contributed by atoms with Crippen molar-refractivity contribution in [2.75, 3.05) is 0 Å². The summed E-state index contributed by atoms with van der Waals surface area (Å²) in [5.41, 5.74) is 0. The quantitative estimate of drug-likeness (QED) is 0.214. The van der Waals surface area contributed by atoms with E-state index in [1.807, 2.05) is 0 Å². The van der Waals surface area contributed by atoms with Gasteiger partial charge < -0.3 is 119 Å². The molecule has 0 aromatic rings. The van der Waals surface area contributed by atoms with Gasteiger partial charge in [-0.15, -0.1) is 0 Å². The number of hydrogen-bond acceptors (Lipinski definition) is 20. The van der Waals surface area contributed by atoms with Crippen molar-refractivity contribution in [3.63, 3.8) is 0 Å². The summed E-state index contributed by atoms with van der Waals surface area (Å²) in [6.07, 6.45) is -11.7. The monoisotopic (exact) mass is 679 g/mol. The van der Waals surface area contributed by atoms with Crippen molar-refractivity contribution in [2.45, 2.75) is 0 Å². The first-order chi connectivity index (χ1) is 8.66. The average molecular weight is 680 g/mol. The number of rotatable bonds is 0. The van der Waals surface area contributed by atoms with Gasteiger partial charge in [-0.2, -0.15) is 0 Å². The largest absolute Gasteiger partial charge is 3.00 e. The second-order valence-corrected chi connectivity index (χ2v) is 1.25. The Kier molecular flexibility index (Phi) is 734. The van der Waals surface area contributed by atoms with Crippen LogP contribution in [0.25, 0.3) is 0 Å². The molecule has 11 N–H and O–H groups in total. The van der Waals surface area contributed by atoms with Crippen molar-refractivity contribution in [1.82, 2.24) is 0 Å². The van der Waals surface area contributed by atoms with Gasteiger partial charge in [0.05, 0.1) is 0 Å². The van der Waals surface area contributed by atoms with E-state index in [1.54, 1.807) is 0 Å². The van der Waals surface area contributed by atoms with Crippen LogP contribution < -0.4 is 51.1 Å². The van der Waals surface area contributed by atoms with Crippen LogP contribution >= 0.6 is 0 Å². The third kappa shape index (κ3) is 2390000. The van der Waals surface area contributed by atoms with Crippen molar-refractivity contribution in [3.8, 4) is 0 Å². The third-order valence-electron chi connectivity index (χ3n) is 0. The van der Waals surface area contributed by atoms with E-state index >= 15 is 0 Å². The van der Waals surface area contributed by atoms with E-state index in [2.05, 4.69) is 0 Å². The Labute approximate surface area is 267 Å². The minimum absolute atomic E-state index is 0. The SMILES string of the molecule is O.O.O.O=C([O-])[O-].O=C([O-])[O-].O=C([O-])[O-].O=C([O-])[O-].O=C([O-])[O-].[Fe+3].[Fe+3].[Fe+3].[Mg+2].[Mg+2].[Mg+2].[OH-].[OH-].[OH-].[OH-].[OH-]. The Bertz CT molecular complexity index is 233. The third-order valence-corrected chi connectivity index (χ3v) is 0. The molecule has 0 amide bonds. The molecule has 0 aliphatic rings. The minimum atomic E-state index is -2.33. The van der Waals surface area contributed by atoms with Gasteiger partial charge in [-0.25, -0.2) is 0 Å². The second kappa shape index (κ2) is 151. The maximum atomic E-state index is 8.33. The Balaban J connectivity index is -0.00000000441. The zero-order valence-corrected chi connectivity index (χ0v) is 23.1. The summed E-state index contributed by atoms with van der Waals surface area (Å²) >= 11 is 0. The van der Waals surface area contributed by atoms with Crippen LogP contribution in [0.3, 0.4) is 0 Å². The van der Waals surface area contributed by atoms with Crippen LogP contribution in [0.2, 0.25) is 0 Å². The molecule has 0 aromatic heterocycles. The fourth-order valence-electron chi connectivity index (χ4n) is 0. The molecular formula is C5H11Fe3Mg3O23. The van der Waals surface area contributed by atoms with E-state index in [1.165, 1.54) is 0 Å². The molecular weight excluding hydrogens is 668 g/mol. The fraction of sp³-hybridized carbons (Fsp3) is 0. The van der Waals surface area contributed by atoms with Gasteiger partial charge in [0.2, 0.25) is 0 Å². The first-order valence-corrected chi connectivity index (χ1v) is 3.06. The molecule has 0 fully saturated rings. The summed E-state index contributed by atoms with van der Waals surface area (Å²) in [7, 11) is 0. The van der Waals surface area contributed by atoms with Crippen LogP contribution in [0.4, 0.5) is 24.0 Å². The maximum Gasteiger partial charge on any atom is 3.00 e. The number of carboxylic acid groups (broad SMARTS) is 10. The van der Waals surface area contributed by atoms with Crippen LogP contribution in [0, 0.1) is 0 Å². The molecule has 3 radical (unpaired) electrons. The molecule has 199 valence electrons. The van der Waals surface area contributed by atoms with Gasteiger partial charge in [-0.3, -0.25) is 0 Å². The standard InChI is InChI=1S/5CH2O3.3Fe.3Mg.8H2O/c5*2-1(3)4;;;;;;;;;;;;;;/h5*(H2,2,3,4);;;;;;;8*1H2/q;;;;;3*+3;3*+2;;;;;;;;/p-15. The van der Waals surface area contributed by atoms with E-state index < -0.39 is 30.8 Å². The van der Waals surface area contributed by atoms with Crippen molar-refractivity contribution in [1.29, 1.82) is 0 Å². The van der Waals surface area contributed by atoms with Crippen LogP contribution in [-0.2, 0) is 51.2 Å². The van der Waals surface area contributed by atoms with Crippen molar-refractivity contribution in [3.05, 3.63) is 0 Å². The molecule has 0 spiro atoms. The minimum Gasteiger partial charge on any atom is -0.870 e. The van der Waals surface area contributed by atoms with Crippen LogP contribution in [-0.4, -0.2) is 144 Å². The van der Waals surface area contributed by atoms with Gasteiger partial charge >= 0.3 is 120 Å². The summed E-state index contributed by atoms with van der Waals surface area (Å²) in [5.74, 6) is 0. The van der Waals surface area contributed by atoms with Crippen LogP contribution in [0.5, 0.6) is 0 Å². The summed E-state index contributed by atoms with van der Waals surface area (Å²) in [5, 5.41) is 83.3. The molecule has 29 heteroatoms. The Morgan fingerprint density at radius 2 is 0.294 bits per heavy atom. The van der Waals surface area contributed by atoms with E-state index in [4.69, 9.17) is 75.0 Å². The molecule has 0 aliphatic heterocycles. The van der Waals surface area contributed by atoms with Crippen LogP contribution in [0.1, 0.15) is 0 Å². The maximum absolute atomic E-state index is 8.33. The fourth-order valence-corrected chi connectivity index (χ4v) is 0. The summed E-state index contributed by atoms with van der Waals surface area (Å²) < 4.78 is 0. The molecule has 23 nitrogen and oxygen atoms in total. The Hall–Kier alpha value is -0.113. The average Bonchev–Trinajstić information content (AvgIpc) is 1.94. The molecule has 0 aromatic carbocycles. The molecule has 0 rings (SSSR count). The van der Waals surface area contributed by atoms with E-state index in [0.29, 0.717) is 0 Å². The van der Waals surface area contributed by atoms with Crippen molar-refractivity contribution < 1.29 is 170 Å². The topological polar surface area (TPSA) is 560 Å². The van der Waals surface area contributed by atoms with Crippen LogP contribution in [0.15, 0.2) is 0 Å². The summed E-state index contributed by atoms with van der Waals surface area (Å²) in [6.45, 7) is 0. The van der Waals surface area contributed by atoms with Gasteiger partial charge in [0.1, 0.15) is 0 Å². The first kappa shape index (κ1) is 165. The normalized spacial score (nSPS) is 3.53. The predicted octanol–water partition coefficient (Wildman–Crippen LogP) is -16.7. The molecule has 0 heterocycles. The summed E-state index contributed by atoms with van der Waals surface area (Å²) in [4.78, 5) is 41.7. The second-order valence-electron chi connectivity index (χ2n) is 1.25. The van der Waals surface area contributed by atoms with Gasteiger partial charge in [0.25, 0.3) is 0 Å². The molecule has 0 unspecified atom stereocenters. The van der Waals surface area contributed by atoms with Crippen molar-refractivity contribution in [2.24, 2.45) is 0 Å². The Morgan fingerprint density at radius 3 is 0.294 bits per heavy atom. The van der Waals surface area contributed by atoms with E-state index in [-0.39, 0.29) is 164 Å². The molecule has 0 atom stereocenters.